The fraction of sp³-hybridized carbons (Fsp3) is 0.550. The summed E-state index contributed by atoms with van der Waals surface area (Å²) in [7, 11) is 0. The molecule has 0 aromatic carbocycles. The molecule has 0 aliphatic carbocycles. The highest BCUT2D eigenvalue weighted by Gasteiger charge is 2.38. The van der Waals surface area contributed by atoms with Gasteiger partial charge in [-0.1, -0.05) is 36.0 Å². The first-order chi connectivity index (χ1) is 10.8. The van der Waals surface area contributed by atoms with E-state index in [9.17, 15) is 9.90 Å². The van der Waals surface area contributed by atoms with Gasteiger partial charge in [-0.2, -0.15) is 0 Å². The monoisotopic (exact) mass is 316 g/mol. The van der Waals surface area contributed by atoms with Crippen LogP contribution in [0.5, 0.6) is 0 Å². The molecule has 0 aromatic rings. The van der Waals surface area contributed by atoms with E-state index in [4.69, 9.17) is 4.74 Å². The Morgan fingerprint density at radius 3 is 2.78 bits per heavy atom. The Morgan fingerprint density at radius 1 is 1.35 bits per heavy atom. The fourth-order valence-electron chi connectivity index (χ4n) is 3.09. The van der Waals surface area contributed by atoms with Crippen LogP contribution in [0.15, 0.2) is 47.1 Å². The molecule has 3 heteroatoms. The third-order valence-corrected chi connectivity index (χ3v) is 4.92. The molecule has 2 heterocycles. The lowest BCUT2D eigenvalue weighted by molar-refractivity contribution is -0.166. The molecule has 0 radical (unpaired) electrons. The van der Waals surface area contributed by atoms with Crippen LogP contribution < -0.4 is 0 Å². The number of allylic oxidation sites excluding steroid dienone is 6. The van der Waals surface area contributed by atoms with Crippen LogP contribution in [0.4, 0.5) is 0 Å². The smallest absolute Gasteiger partial charge is 0.334 e. The van der Waals surface area contributed by atoms with Gasteiger partial charge in [0.2, 0.25) is 0 Å². The average Bonchev–Trinajstić information content (AvgIpc) is 2.62. The highest BCUT2D eigenvalue weighted by atomic mass is 16.6. The maximum Gasteiger partial charge on any atom is 0.334 e. The van der Waals surface area contributed by atoms with Gasteiger partial charge in [0.1, 0.15) is 5.60 Å². The molecule has 0 amide bonds. The van der Waals surface area contributed by atoms with E-state index in [-0.39, 0.29) is 5.97 Å². The van der Waals surface area contributed by atoms with Crippen LogP contribution in [0.1, 0.15) is 59.3 Å². The molecule has 3 nitrogen and oxygen atoms in total. The Balaban J connectivity index is 2.34. The molecular formula is C20H28O3. The van der Waals surface area contributed by atoms with Gasteiger partial charge in [-0.3, -0.25) is 0 Å². The first-order valence-electron chi connectivity index (χ1n) is 8.44. The second-order valence-corrected chi connectivity index (χ2v) is 7.01. The zero-order valence-electron chi connectivity index (χ0n) is 14.5. The summed E-state index contributed by atoms with van der Waals surface area (Å²) >= 11 is 0. The Kier molecular flexibility index (Phi) is 5.64. The van der Waals surface area contributed by atoms with Crippen molar-refractivity contribution in [2.24, 2.45) is 0 Å². The normalized spacial score (nSPS) is 32.1. The summed E-state index contributed by atoms with van der Waals surface area (Å²) in [5, 5.41) is 10.6. The third-order valence-electron chi connectivity index (χ3n) is 4.92. The number of fused-ring (bicyclic) bond motifs is 3. The van der Waals surface area contributed by atoms with Crippen molar-refractivity contribution in [3.05, 3.63) is 47.1 Å². The Labute approximate surface area is 139 Å². The largest absolute Gasteiger partial charge is 0.453 e. The molecule has 0 saturated carbocycles. The van der Waals surface area contributed by atoms with Gasteiger partial charge in [0.15, 0.2) is 0 Å². The quantitative estimate of drug-likeness (QED) is 0.730. The molecular weight excluding hydrogens is 288 g/mol. The van der Waals surface area contributed by atoms with Crippen molar-refractivity contribution in [3.8, 4) is 0 Å². The van der Waals surface area contributed by atoms with E-state index in [2.05, 4.69) is 25.7 Å². The lowest BCUT2D eigenvalue weighted by atomic mass is 9.89. The number of carbonyl (C=O) groups is 1. The summed E-state index contributed by atoms with van der Waals surface area (Å²) in [4.78, 5) is 12.4. The number of rotatable bonds is 1. The second-order valence-electron chi connectivity index (χ2n) is 7.01. The van der Waals surface area contributed by atoms with Crippen molar-refractivity contribution in [2.45, 2.75) is 71.0 Å². The standard InChI is InChI=1S/C20H28O3/c1-14(2)16-9-7-15(3)8-12-18(21)20(4)13-5-6-17(11-10-16)19(22)23-20/h6-7,9,18,21H,1,5,8,10-13H2,2-4H3/b15-7+,16-9?/t18-,20?/m1/s1. The van der Waals surface area contributed by atoms with Crippen LogP contribution >= 0.6 is 0 Å². The van der Waals surface area contributed by atoms with Gasteiger partial charge in [-0.15, -0.1) is 0 Å². The number of hydrogen-bond acceptors (Lipinski definition) is 3. The molecule has 23 heavy (non-hydrogen) atoms. The summed E-state index contributed by atoms with van der Waals surface area (Å²) in [5.41, 5.74) is 3.31. The molecule has 2 aliphatic rings. The highest BCUT2D eigenvalue weighted by Crippen LogP contribution is 2.32. The van der Waals surface area contributed by atoms with Crippen LogP contribution in [-0.4, -0.2) is 22.8 Å². The van der Waals surface area contributed by atoms with E-state index >= 15 is 0 Å². The minimum Gasteiger partial charge on any atom is -0.453 e. The minimum atomic E-state index is -0.797. The van der Waals surface area contributed by atoms with E-state index in [1.54, 1.807) is 0 Å². The Hall–Kier alpha value is -1.61. The summed E-state index contributed by atoms with van der Waals surface area (Å²) < 4.78 is 5.70. The summed E-state index contributed by atoms with van der Waals surface area (Å²) in [6.07, 6.45) is 9.75. The minimum absolute atomic E-state index is 0.283. The number of esters is 1. The topological polar surface area (TPSA) is 46.5 Å². The molecule has 126 valence electrons. The van der Waals surface area contributed by atoms with E-state index in [1.807, 2.05) is 19.9 Å². The highest BCUT2D eigenvalue weighted by molar-refractivity contribution is 5.89. The lowest BCUT2D eigenvalue weighted by Gasteiger charge is -2.33. The zero-order chi connectivity index (χ0) is 17.0. The van der Waals surface area contributed by atoms with Gasteiger partial charge in [0, 0.05) is 5.57 Å². The van der Waals surface area contributed by atoms with Crippen molar-refractivity contribution < 1.29 is 14.6 Å². The molecule has 2 bridgehead atoms. The Morgan fingerprint density at radius 2 is 2.09 bits per heavy atom. The second kappa shape index (κ2) is 7.31. The average molecular weight is 316 g/mol. The van der Waals surface area contributed by atoms with E-state index in [1.165, 1.54) is 5.57 Å². The molecule has 0 spiro atoms. The maximum absolute atomic E-state index is 12.4. The van der Waals surface area contributed by atoms with Crippen molar-refractivity contribution in [1.29, 1.82) is 0 Å². The number of aliphatic hydroxyl groups is 1. The van der Waals surface area contributed by atoms with Gasteiger partial charge < -0.3 is 9.84 Å². The van der Waals surface area contributed by atoms with Gasteiger partial charge in [-0.05, 0) is 64.9 Å². The van der Waals surface area contributed by atoms with Gasteiger partial charge >= 0.3 is 5.97 Å². The van der Waals surface area contributed by atoms with Crippen molar-refractivity contribution >= 4 is 5.97 Å². The van der Waals surface area contributed by atoms with Crippen LogP contribution in [0.3, 0.4) is 0 Å². The Bertz CT molecular complexity index is 580. The summed E-state index contributed by atoms with van der Waals surface area (Å²) in [6, 6.07) is 0. The summed E-state index contributed by atoms with van der Waals surface area (Å²) in [5.74, 6) is -0.283. The van der Waals surface area contributed by atoms with Gasteiger partial charge in [0.05, 0.1) is 6.10 Å². The fourth-order valence-corrected chi connectivity index (χ4v) is 3.09. The van der Waals surface area contributed by atoms with Crippen molar-refractivity contribution in [3.63, 3.8) is 0 Å². The van der Waals surface area contributed by atoms with Crippen LogP contribution in [0, 0.1) is 0 Å². The predicted molar refractivity (Wildman–Crippen MR) is 92.9 cm³/mol. The molecule has 2 aliphatic heterocycles. The van der Waals surface area contributed by atoms with Gasteiger partial charge in [0.25, 0.3) is 0 Å². The van der Waals surface area contributed by atoms with E-state index in [0.717, 1.165) is 30.4 Å². The first-order valence-corrected chi connectivity index (χ1v) is 8.44. The van der Waals surface area contributed by atoms with Crippen molar-refractivity contribution in [1.82, 2.24) is 0 Å². The zero-order valence-corrected chi connectivity index (χ0v) is 14.5. The molecule has 1 unspecified atom stereocenters. The molecule has 0 saturated heterocycles. The SMILES string of the molecule is C=C(C)C1=C/C=C(\C)CC[C@@H](O)C2(C)CCC=C(CC1)C(=O)O2. The van der Waals surface area contributed by atoms with Gasteiger partial charge in [-0.25, -0.2) is 4.79 Å². The number of aliphatic hydroxyl groups excluding tert-OH is 1. The maximum atomic E-state index is 12.4. The number of ether oxygens (including phenoxy) is 1. The molecule has 2 atom stereocenters. The van der Waals surface area contributed by atoms with Crippen LogP contribution in [-0.2, 0) is 9.53 Å². The van der Waals surface area contributed by atoms with E-state index in [0.29, 0.717) is 24.8 Å². The summed E-state index contributed by atoms with van der Waals surface area (Å²) in [6.45, 7) is 9.95. The predicted octanol–water partition coefficient (Wildman–Crippen LogP) is 4.39. The van der Waals surface area contributed by atoms with E-state index < -0.39 is 11.7 Å². The molecule has 2 rings (SSSR count). The van der Waals surface area contributed by atoms with Crippen LogP contribution in [0.2, 0.25) is 0 Å². The lowest BCUT2D eigenvalue weighted by Crippen LogP contribution is -2.43. The molecule has 1 N–H and O–H groups in total. The first kappa shape index (κ1) is 17.7. The third kappa shape index (κ3) is 4.44. The molecule has 0 aromatic heterocycles. The van der Waals surface area contributed by atoms with Crippen molar-refractivity contribution in [2.75, 3.05) is 0 Å². The number of hydrogen-bond donors (Lipinski definition) is 1. The van der Waals surface area contributed by atoms with Crippen LogP contribution in [0.25, 0.3) is 0 Å². The number of carbonyl (C=O) groups excluding carboxylic acids is 1. The molecule has 0 fully saturated rings.